The zero-order valence-electron chi connectivity index (χ0n) is 13.2. The Kier molecular flexibility index (Phi) is 4.88. The fourth-order valence-corrected chi connectivity index (χ4v) is 3.12. The Morgan fingerprint density at radius 2 is 1.79 bits per heavy atom. The first-order valence-corrected chi connectivity index (χ1v) is 8.44. The Morgan fingerprint density at radius 1 is 1.04 bits per heavy atom. The molecule has 124 valence electrons. The van der Waals surface area contributed by atoms with Crippen molar-refractivity contribution in [3.8, 4) is 11.1 Å². The van der Waals surface area contributed by atoms with Crippen LogP contribution in [0.1, 0.15) is 4.79 Å². The number of nitrogens with zero attached hydrogens (tertiary/aromatic N) is 2. The molecule has 0 amide bonds. The molecule has 3 rings (SSSR count). The summed E-state index contributed by atoms with van der Waals surface area (Å²) in [6.45, 7) is 0.313. The van der Waals surface area contributed by atoms with Gasteiger partial charge in [-0.15, -0.1) is 0 Å². The van der Waals surface area contributed by atoms with Crippen LogP contribution in [-0.4, -0.2) is 36.0 Å². The number of halogens is 3. The lowest BCUT2D eigenvalue weighted by atomic mass is 10.1. The van der Waals surface area contributed by atoms with Gasteiger partial charge in [0.15, 0.2) is 0 Å². The third kappa shape index (κ3) is 3.31. The molecule has 0 aliphatic carbocycles. The average Bonchev–Trinajstić information content (AvgIpc) is 2.88. The minimum absolute atomic E-state index is 0.0152. The molecule has 1 heterocycles. The molecule has 1 aromatic heterocycles. The van der Waals surface area contributed by atoms with Gasteiger partial charge in [-0.1, -0.05) is 40.9 Å². The van der Waals surface area contributed by atoms with Crippen LogP contribution in [0.2, 0.25) is 15.1 Å². The molecule has 2 aromatic carbocycles. The highest BCUT2D eigenvalue weighted by Crippen LogP contribution is 2.35. The van der Waals surface area contributed by atoms with E-state index in [1.54, 1.807) is 22.8 Å². The Balaban J connectivity index is 2.22. The van der Waals surface area contributed by atoms with Gasteiger partial charge in [0.25, 0.3) is 0 Å². The van der Waals surface area contributed by atoms with Crippen molar-refractivity contribution in [3.63, 3.8) is 0 Å². The first-order valence-electron chi connectivity index (χ1n) is 7.31. The molecular formula is C18H15Cl3N2O. The molecule has 0 unspecified atom stereocenters. The molecule has 3 aromatic rings. The quantitative estimate of drug-likeness (QED) is 0.601. The van der Waals surface area contributed by atoms with Crippen molar-refractivity contribution >= 4 is 51.6 Å². The van der Waals surface area contributed by atoms with Gasteiger partial charge in [0, 0.05) is 22.2 Å². The van der Waals surface area contributed by atoms with Gasteiger partial charge < -0.3 is 4.90 Å². The number of hydrogen-bond acceptors (Lipinski definition) is 2. The predicted octanol–water partition coefficient (Wildman–Crippen LogP) is 5.47. The molecule has 0 N–H and O–H groups in total. The van der Waals surface area contributed by atoms with Gasteiger partial charge in [-0.25, -0.2) is 0 Å². The molecule has 0 bridgehead atoms. The summed E-state index contributed by atoms with van der Waals surface area (Å²) < 4.78 is 1.66. The summed E-state index contributed by atoms with van der Waals surface area (Å²) >= 11 is 18.3. The van der Waals surface area contributed by atoms with Crippen LogP contribution >= 0.6 is 34.8 Å². The summed E-state index contributed by atoms with van der Waals surface area (Å²) in [5.41, 5.74) is 2.58. The number of likely N-dealkylation sites (N-methyl/N-ethyl adjacent to an activating group) is 1. The van der Waals surface area contributed by atoms with Gasteiger partial charge in [0.05, 0.1) is 22.1 Å². The molecule has 6 heteroatoms. The number of fused-ring (bicyclic) bond motifs is 1. The van der Waals surface area contributed by atoms with Crippen molar-refractivity contribution in [1.82, 2.24) is 9.47 Å². The SMILES string of the molecule is CN(C)CC(=O)n1cc(-c2ccc(Cl)c(Cl)c2)c2cc(Cl)ccc21. The lowest BCUT2D eigenvalue weighted by molar-refractivity contribution is 0.0882. The summed E-state index contributed by atoms with van der Waals surface area (Å²) in [5.74, 6) is -0.0152. The Labute approximate surface area is 155 Å². The molecule has 0 saturated heterocycles. The maximum Gasteiger partial charge on any atom is 0.245 e. The van der Waals surface area contributed by atoms with E-state index in [4.69, 9.17) is 34.8 Å². The summed E-state index contributed by atoms with van der Waals surface area (Å²) in [5, 5.41) is 2.47. The number of carbonyl (C=O) groups is 1. The van der Waals surface area contributed by atoms with E-state index in [0.29, 0.717) is 21.6 Å². The van der Waals surface area contributed by atoms with E-state index in [1.165, 1.54) is 0 Å². The van der Waals surface area contributed by atoms with Gasteiger partial charge in [-0.05, 0) is 50.0 Å². The van der Waals surface area contributed by atoms with Gasteiger partial charge in [-0.3, -0.25) is 9.36 Å². The average molecular weight is 382 g/mol. The minimum atomic E-state index is -0.0152. The number of rotatable bonds is 3. The van der Waals surface area contributed by atoms with Crippen molar-refractivity contribution in [2.75, 3.05) is 20.6 Å². The van der Waals surface area contributed by atoms with E-state index >= 15 is 0 Å². The maximum atomic E-state index is 12.6. The van der Waals surface area contributed by atoms with Crippen molar-refractivity contribution in [2.45, 2.75) is 0 Å². The van der Waals surface area contributed by atoms with Crippen LogP contribution in [-0.2, 0) is 0 Å². The smallest absolute Gasteiger partial charge is 0.245 e. The second-order valence-corrected chi connectivity index (χ2v) is 7.09. The van der Waals surface area contributed by atoms with Crippen LogP contribution in [0, 0.1) is 0 Å². The molecule has 0 fully saturated rings. The Morgan fingerprint density at radius 3 is 2.46 bits per heavy atom. The zero-order chi connectivity index (χ0) is 17.4. The first kappa shape index (κ1) is 17.3. The Bertz CT molecular complexity index is 931. The fraction of sp³-hybridized carbons (Fsp3) is 0.167. The largest absolute Gasteiger partial charge is 0.301 e. The van der Waals surface area contributed by atoms with E-state index in [-0.39, 0.29) is 5.91 Å². The Hall–Kier alpha value is -1.52. The highest BCUT2D eigenvalue weighted by Gasteiger charge is 2.16. The molecular weight excluding hydrogens is 367 g/mol. The molecule has 24 heavy (non-hydrogen) atoms. The van der Waals surface area contributed by atoms with Gasteiger partial charge in [-0.2, -0.15) is 0 Å². The standard InChI is InChI=1S/C18H15Cl3N2O/c1-22(2)10-18(24)23-9-14(11-3-5-15(20)16(21)7-11)13-8-12(19)4-6-17(13)23/h3-9H,10H2,1-2H3. The summed E-state index contributed by atoms with van der Waals surface area (Å²) in [4.78, 5) is 14.4. The van der Waals surface area contributed by atoms with Crippen LogP contribution in [0.25, 0.3) is 22.0 Å². The number of hydrogen-bond donors (Lipinski definition) is 0. The van der Waals surface area contributed by atoms with Crippen molar-refractivity contribution < 1.29 is 4.79 Å². The molecule has 0 aliphatic rings. The topological polar surface area (TPSA) is 25.2 Å². The summed E-state index contributed by atoms with van der Waals surface area (Å²) in [6, 6.07) is 10.9. The molecule has 0 saturated carbocycles. The normalized spacial score (nSPS) is 11.4. The first-order chi connectivity index (χ1) is 11.4. The third-order valence-corrected chi connectivity index (χ3v) is 4.69. The maximum absolute atomic E-state index is 12.6. The fourth-order valence-electron chi connectivity index (χ4n) is 2.65. The number of carbonyl (C=O) groups excluding carboxylic acids is 1. The van der Waals surface area contributed by atoms with E-state index in [0.717, 1.165) is 22.0 Å². The minimum Gasteiger partial charge on any atom is -0.301 e. The van der Waals surface area contributed by atoms with Crippen LogP contribution < -0.4 is 0 Å². The molecule has 0 aliphatic heterocycles. The highest BCUT2D eigenvalue weighted by atomic mass is 35.5. The van der Waals surface area contributed by atoms with E-state index in [1.807, 2.05) is 43.4 Å². The zero-order valence-corrected chi connectivity index (χ0v) is 15.5. The van der Waals surface area contributed by atoms with Crippen molar-refractivity contribution in [1.29, 1.82) is 0 Å². The van der Waals surface area contributed by atoms with Crippen LogP contribution in [0.15, 0.2) is 42.6 Å². The van der Waals surface area contributed by atoms with Gasteiger partial charge in [0.2, 0.25) is 5.91 Å². The van der Waals surface area contributed by atoms with Crippen LogP contribution in [0.5, 0.6) is 0 Å². The monoisotopic (exact) mass is 380 g/mol. The summed E-state index contributed by atoms with van der Waals surface area (Å²) in [6.07, 6.45) is 1.83. The van der Waals surface area contributed by atoms with Crippen LogP contribution in [0.4, 0.5) is 0 Å². The molecule has 0 spiro atoms. The van der Waals surface area contributed by atoms with E-state index in [9.17, 15) is 4.79 Å². The van der Waals surface area contributed by atoms with Crippen molar-refractivity contribution in [2.24, 2.45) is 0 Å². The predicted molar refractivity (Wildman–Crippen MR) is 102 cm³/mol. The highest BCUT2D eigenvalue weighted by molar-refractivity contribution is 6.42. The van der Waals surface area contributed by atoms with E-state index in [2.05, 4.69) is 0 Å². The molecule has 3 nitrogen and oxygen atoms in total. The molecule has 0 radical (unpaired) electrons. The van der Waals surface area contributed by atoms with Crippen LogP contribution in [0.3, 0.4) is 0 Å². The lowest BCUT2D eigenvalue weighted by Gasteiger charge is -2.09. The van der Waals surface area contributed by atoms with E-state index < -0.39 is 0 Å². The second-order valence-electron chi connectivity index (χ2n) is 5.83. The number of benzene rings is 2. The number of aromatic nitrogens is 1. The molecule has 0 atom stereocenters. The van der Waals surface area contributed by atoms with Gasteiger partial charge >= 0.3 is 0 Å². The van der Waals surface area contributed by atoms with Crippen molar-refractivity contribution in [3.05, 3.63) is 57.7 Å². The third-order valence-electron chi connectivity index (χ3n) is 3.72. The lowest BCUT2D eigenvalue weighted by Crippen LogP contribution is -2.25. The second kappa shape index (κ2) is 6.77. The van der Waals surface area contributed by atoms with Gasteiger partial charge in [0.1, 0.15) is 0 Å². The summed E-state index contributed by atoms with van der Waals surface area (Å²) in [7, 11) is 3.72.